The monoisotopic (exact) mass is 574 g/mol. The van der Waals surface area contributed by atoms with E-state index in [0.29, 0.717) is 30.9 Å². The quantitative estimate of drug-likeness (QED) is 0.257. The van der Waals surface area contributed by atoms with Crippen LogP contribution in [0.5, 0.6) is 0 Å². The zero-order chi connectivity index (χ0) is 29.8. The lowest BCUT2D eigenvalue weighted by atomic mass is 9.95. The molecule has 2 rings (SSSR count). The van der Waals surface area contributed by atoms with Gasteiger partial charge in [0.15, 0.2) is 0 Å². The fraction of sp³-hybridized carbons (Fsp3) is 0.600. The summed E-state index contributed by atoms with van der Waals surface area (Å²) in [6, 6.07) is 8.62. The molecule has 1 aromatic carbocycles. The predicted octanol–water partition coefficient (Wildman–Crippen LogP) is 4.11. The number of aliphatic hydroxyl groups is 1. The summed E-state index contributed by atoms with van der Waals surface area (Å²) in [5.74, 6) is -1.12. The molecule has 2 amide bonds. The summed E-state index contributed by atoms with van der Waals surface area (Å²) in [4.78, 5) is 44.3. The number of rotatable bonds is 16. The number of ether oxygens (including phenoxy) is 1. The van der Waals surface area contributed by atoms with Gasteiger partial charge in [-0.15, -0.1) is 11.3 Å². The van der Waals surface area contributed by atoms with Crippen LogP contribution in [0.25, 0.3) is 0 Å². The minimum Gasteiger partial charge on any atom is -0.466 e. The second-order valence-electron chi connectivity index (χ2n) is 10.7. The first-order chi connectivity index (χ1) is 19.0. The number of thiazole rings is 1. The van der Waals surface area contributed by atoms with Crippen molar-refractivity contribution in [2.45, 2.75) is 91.0 Å². The maximum absolute atomic E-state index is 13.2. The summed E-state index contributed by atoms with van der Waals surface area (Å²) >= 11 is 1.21. The molecule has 0 aliphatic rings. The third kappa shape index (κ3) is 9.98. The zero-order valence-electron chi connectivity index (χ0n) is 24.6. The van der Waals surface area contributed by atoms with Gasteiger partial charge in [0.25, 0.3) is 5.91 Å². The van der Waals surface area contributed by atoms with Crippen molar-refractivity contribution in [3.8, 4) is 0 Å². The number of carbonyl (C=O) groups is 3. The molecule has 0 saturated heterocycles. The van der Waals surface area contributed by atoms with E-state index in [0.717, 1.165) is 12.0 Å². The lowest BCUT2D eigenvalue weighted by Crippen LogP contribution is -2.48. The summed E-state index contributed by atoms with van der Waals surface area (Å²) in [6.07, 6.45) is 1.71. The van der Waals surface area contributed by atoms with Crippen molar-refractivity contribution in [3.05, 3.63) is 52.0 Å². The normalized spacial score (nSPS) is 15.1. The number of nitrogens with one attached hydrogen (secondary N) is 1. The van der Waals surface area contributed by atoms with Gasteiger partial charge in [-0.05, 0) is 37.7 Å². The number of aliphatic hydroxyl groups excluding tert-OH is 1. The van der Waals surface area contributed by atoms with Gasteiger partial charge in [-0.2, -0.15) is 0 Å². The minimum atomic E-state index is -0.944. The van der Waals surface area contributed by atoms with Crippen LogP contribution < -0.4 is 11.1 Å². The average Bonchev–Trinajstić information content (AvgIpc) is 3.42. The van der Waals surface area contributed by atoms with E-state index < -0.39 is 12.1 Å². The number of nitrogens with zero attached hydrogens (tertiary/aromatic N) is 2. The third-order valence-corrected chi connectivity index (χ3v) is 7.97. The Bertz CT molecular complexity index is 1080. The highest BCUT2D eigenvalue weighted by molar-refractivity contribution is 7.09. The van der Waals surface area contributed by atoms with Gasteiger partial charge >= 0.3 is 5.97 Å². The Labute approximate surface area is 242 Å². The number of aromatic nitrogens is 1. The maximum atomic E-state index is 13.2. The van der Waals surface area contributed by atoms with E-state index in [1.807, 2.05) is 51.1 Å². The van der Waals surface area contributed by atoms with Crippen LogP contribution in [0.1, 0.15) is 87.5 Å². The van der Waals surface area contributed by atoms with Gasteiger partial charge in [-0.1, -0.05) is 64.4 Å². The van der Waals surface area contributed by atoms with Crippen LogP contribution >= 0.6 is 11.3 Å². The van der Waals surface area contributed by atoms with Crippen LogP contribution in [-0.2, 0) is 20.7 Å². The summed E-state index contributed by atoms with van der Waals surface area (Å²) < 4.78 is 5.16. The smallest absolute Gasteiger partial charge is 0.308 e. The summed E-state index contributed by atoms with van der Waals surface area (Å²) in [7, 11) is 1.72. The molecule has 4 unspecified atom stereocenters. The highest BCUT2D eigenvalue weighted by atomic mass is 32.1. The summed E-state index contributed by atoms with van der Waals surface area (Å²) in [6.45, 7) is 9.84. The van der Waals surface area contributed by atoms with Crippen LogP contribution in [-0.4, -0.2) is 64.6 Å². The van der Waals surface area contributed by atoms with Crippen molar-refractivity contribution >= 4 is 29.1 Å². The molecule has 0 bridgehead atoms. The van der Waals surface area contributed by atoms with Gasteiger partial charge in [0.05, 0.1) is 18.6 Å². The molecular formula is C30H46N4O5S. The van der Waals surface area contributed by atoms with E-state index in [-0.39, 0.29) is 53.8 Å². The first kappa shape index (κ1) is 33.4. The highest BCUT2D eigenvalue weighted by Gasteiger charge is 2.30. The molecule has 0 radical (unpaired) electrons. The highest BCUT2D eigenvalue weighted by Crippen LogP contribution is 2.27. The van der Waals surface area contributed by atoms with E-state index in [2.05, 4.69) is 10.3 Å². The molecular weight excluding hydrogens is 528 g/mol. The van der Waals surface area contributed by atoms with Crippen LogP contribution in [0.3, 0.4) is 0 Å². The van der Waals surface area contributed by atoms with Crippen molar-refractivity contribution in [2.75, 3.05) is 13.7 Å². The van der Waals surface area contributed by atoms with Crippen molar-refractivity contribution in [1.82, 2.24) is 15.2 Å². The van der Waals surface area contributed by atoms with Gasteiger partial charge in [0.2, 0.25) is 5.91 Å². The fourth-order valence-electron chi connectivity index (χ4n) is 4.77. The largest absolute Gasteiger partial charge is 0.466 e. The van der Waals surface area contributed by atoms with Gasteiger partial charge < -0.3 is 25.8 Å². The SMILES string of the molecule is CCC[C@H](N)C(=O)N(C)C(CC(O)c1nc(C(=O)NC(Cc2ccccc2)CC(C)C(=O)OCC)cs1)C(C)C. The summed E-state index contributed by atoms with van der Waals surface area (Å²) in [5, 5.41) is 16.1. The Balaban J connectivity index is 2.12. The molecule has 4 N–H and O–H groups in total. The number of likely N-dealkylation sites (N-methyl/N-ethyl adjacent to an activating group) is 1. The maximum Gasteiger partial charge on any atom is 0.308 e. The van der Waals surface area contributed by atoms with Gasteiger partial charge in [0, 0.05) is 30.9 Å². The van der Waals surface area contributed by atoms with Crippen LogP contribution in [0.15, 0.2) is 35.7 Å². The zero-order valence-corrected chi connectivity index (χ0v) is 25.4. The molecule has 0 aliphatic carbocycles. The molecule has 40 heavy (non-hydrogen) atoms. The molecule has 222 valence electrons. The second kappa shape index (κ2) is 16.4. The molecule has 0 spiro atoms. The van der Waals surface area contributed by atoms with Crippen molar-refractivity contribution in [3.63, 3.8) is 0 Å². The second-order valence-corrected chi connectivity index (χ2v) is 11.6. The molecule has 0 fully saturated rings. The number of benzene rings is 1. The lowest BCUT2D eigenvalue weighted by molar-refractivity contribution is -0.147. The molecule has 9 nitrogen and oxygen atoms in total. The van der Waals surface area contributed by atoms with Crippen molar-refractivity contribution < 1.29 is 24.2 Å². The molecule has 2 aromatic rings. The Morgan fingerprint density at radius 1 is 1.12 bits per heavy atom. The van der Waals surface area contributed by atoms with Crippen molar-refractivity contribution in [1.29, 1.82) is 0 Å². The average molecular weight is 575 g/mol. The Morgan fingerprint density at radius 2 is 1.80 bits per heavy atom. The standard InChI is InChI=1S/C30H46N4O5S/c1-7-12-23(31)29(37)34(6)25(19(3)4)17-26(35)28-33-24(18-40-28)27(36)32-22(15-20(5)30(38)39-8-2)16-21-13-10-9-11-14-21/h9-11,13-14,18-20,22-23,25-26,35H,7-8,12,15-17,31H2,1-6H3,(H,32,36)/t20?,22?,23-,25?,26?/m0/s1. The number of nitrogens with two attached hydrogens (primary N) is 1. The van der Waals surface area contributed by atoms with E-state index in [1.165, 1.54) is 11.3 Å². The number of hydrogen-bond donors (Lipinski definition) is 3. The molecule has 1 heterocycles. The van der Waals surface area contributed by atoms with E-state index >= 15 is 0 Å². The van der Waals surface area contributed by atoms with E-state index in [9.17, 15) is 19.5 Å². The summed E-state index contributed by atoms with van der Waals surface area (Å²) in [5.41, 5.74) is 7.30. The fourth-order valence-corrected chi connectivity index (χ4v) is 5.57. The number of esters is 1. The van der Waals surface area contributed by atoms with E-state index in [1.54, 1.807) is 31.2 Å². The molecule has 10 heteroatoms. The lowest BCUT2D eigenvalue weighted by Gasteiger charge is -2.34. The van der Waals surface area contributed by atoms with Gasteiger partial charge in [-0.3, -0.25) is 14.4 Å². The Hall–Kier alpha value is -2.82. The number of amides is 2. The molecule has 5 atom stereocenters. The first-order valence-corrected chi connectivity index (χ1v) is 15.0. The first-order valence-electron chi connectivity index (χ1n) is 14.1. The van der Waals surface area contributed by atoms with Crippen LogP contribution in [0.2, 0.25) is 0 Å². The van der Waals surface area contributed by atoms with Crippen LogP contribution in [0, 0.1) is 11.8 Å². The number of carbonyl (C=O) groups excluding carboxylic acids is 3. The third-order valence-electron chi connectivity index (χ3n) is 7.02. The van der Waals surface area contributed by atoms with Crippen LogP contribution in [0.4, 0.5) is 0 Å². The van der Waals surface area contributed by atoms with Gasteiger partial charge in [-0.25, -0.2) is 4.98 Å². The molecule has 0 saturated carbocycles. The minimum absolute atomic E-state index is 0.0836. The molecule has 1 aromatic heterocycles. The van der Waals surface area contributed by atoms with Gasteiger partial charge in [0.1, 0.15) is 16.8 Å². The predicted molar refractivity (Wildman–Crippen MR) is 158 cm³/mol. The Kier molecular flexibility index (Phi) is 13.7. The van der Waals surface area contributed by atoms with E-state index in [4.69, 9.17) is 10.5 Å². The topological polar surface area (TPSA) is 135 Å². The number of hydrogen-bond acceptors (Lipinski definition) is 8. The molecule has 0 aliphatic heterocycles. The Morgan fingerprint density at radius 3 is 2.40 bits per heavy atom. The van der Waals surface area contributed by atoms with Crippen molar-refractivity contribution in [2.24, 2.45) is 17.6 Å².